The summed E-state index contributed by atoms with van der Waals surface area (Å²) in [6.45, 7) is 13.8. The van der Waals surface area contributed by atoms with E-state index < -0.39 is 53.6 Å². The van der Waals surface area contributed by atoms with Gasteiger partial charge in [0.25, 0.3) is 0 Å². The molecule has 2 bridgehead atoms. The molecule has 252 valence electrons. The van der Waals surface area contributed by atoms with Gasteiger partial charge in [-0.15, -0.1) is 13.2 Å². The Morgan fingerprint density at radius 1 is 1.24 bits per heavy atom. The van der Waals surface area contributed by atoms with Crippen LogP contribution in [0.5, 0.6) is 0 Å². The number of aliphatic hydroxyl groups excluding tert-OH is 1. The lowest BCUT2D eigenvalue weighted by molar-refractivity contribution is -0.161. The molecule has 1 aromatic rings. The van der Waals surface area contributed by atoms with Crippen molar-refractivity contribution < 1.29 is 33.8 Å². The summed E-state index contributed by atoms with van der Waals surface area (Å²) in [6, 6.07) is 7.43. The zero-order valence-corrected chi connectivity index (χ0v) is 28.7. The maximum atomic E-state index is 14.5. The van der Waals surface area contributed by atoms with Crippen LogP contribution < -0.4 is 5.32 Å². The Balaban J connectivity index is 1.70. The van der Waals surface area contributed by atoms with Crippen molar-refractivity contribution in [2.75, 3.05) is 26.2 Å². The third kappa shape index (κ3) is 6.96. The van der Waals surface area contributed by atoms with E-state index >= 15 is 0 Å². The summed E-state index contributed by atoms with van der Waals surface area (Å²) < 4.78 is 12.8. The quantitative estimate of drug-likeness (QED) is 0.143. The number of fused-ring (bicyclic) bond motifs is 1. The molecule has 1 spiro atoms. The van der Waals surface area contributed by atoms with Crippen LogP contribution in [0.15, 0.2) is 55.6 Å². The number of benzene rings is 1. The minimum Gasteiger partial charge on any atom is -0.455 e. The van der Waals surface area contributed by atoms with Crippen LogP contribution in [0.4, 0.5) is 0 Å². The van der Waals surface area contributed by atoms with Crippen molar-refractivity contribution in [3.8, 4) is 0 Å². The van der Waals surface area contributed by atoms with Crippen LogP contribution in [0.3, 0.4) is 0 Å². The number of nitrogens with zero attached hydrogens (tertiary/aromatic N) is 2. The van der Waals surface area contributed by atoms with Gasteiger partial charge in [-0.05, 0) is 30.7 Å². The zero-order chi connectivity index (χ0) is 33.6. The number of esters is 1. The molecule has 0 saturated carbocycles. The summed E-state index contributed by atoms with van der Waals surface area (Å²) in [5.41, 5.74) is -0.594. The Labute approximate surface area is 280 Å². The van der Waals surface area contributed by atoms with E-state index in [2.05, 4.69) is 34.4 Å². The summed E-state index contributed by atoms with van der Waals surface area (Å²) in [5.74, 6) is -3.63. The first-order valence-electron chi connectivity index (χ1n) is 16.3. The van der Waals surface area contributed by atoms with Gasteiger partial charge in [0, 0.05) is 24.3 Å². The molecule has 3 heterocycles. The van der Waals surface area contributed by atoms with Gasteiger partial charge in [0.05, 0.1) is 37.1 Å². The fraction of sp³-hybridized carbons (Fsp3) is 0.600. The number of unbranched alkanes of at least 4 members (excludes halogenated alkanes) is 1. The molecule has 2 N–H and O–H groups in total. The Morgan fingerprint density at radius 3 is 2.57 bits per heavy atom. The fourth-order valence-corrected chi connectivity index (χ4v) is 8.15. The number of hydrogen-bond donors (Lipinski definition) is 2. The van der Waals surface area contributed by atoms with Crippen molar-refractivity contribution in [1.29, 1.82) is 0 Å². The smallest absolute Gasteiger partial charge is 0.313 e. The average molecular weight is 703 g/mol. The number of amides is 3. The van der Waals surface area contributed by atoms with Crippen LogP contribution in [-0.2, 0) is 28.7 Å². The topological polar surface area (TPSA) is 125 Å². The summed E-state index contributed by atoms with van der Waals surface area (Å²) in [7, 11) is 0. The summed E-state index contributed by atoms with van der Waals surface area (Å²) in [5, 5.41) is 13.3. The van der Waals surface area contributed by atoms with Crippen molar-refractivity contribution in [1.82, 2.24) is 15.1 Å². The van der Waals surface area contributed by atoms with Gasteiger partial charge in [0.15, 0.2) is 0 Å². The molecule has 3 amide bonds. The van der Waals surface area contributed by atoms with Crippen LogP contribution in [0.1, 0.15) is 64.5 Å². The second-order valence-electron chi connectivity index (χ2n) is 12.8. The number of ether oxygens (including phenoxy) is 2. The minimum absolute atomic E-state index is 0.0482. The van der Waals surface area contributed by atoms with Crippen molar-refractivity contribution >= 4 is 39.6 Å². The number of likely N-dealkylation sites (tertiary alicyclic amines) is 1. The molecule has 3 aliphatic heterocycles. The zero-order valence-electron chi connectivity index (χ0n) is 27.1. The van der Waals surface area contributed by atoms with E-state index in [4.69, 9.17) is 9.47 Å². The molecule has 11 heteroatoms. The molecule has 3 aliphatic rings. The lowest BCUT2D eigenvalue weighted by atomic mass is 9.70. The lowest BCUT2D eigenvalue weighted by Crippen LogP contribution is -2.60. The van der Waals surface area contributed by atoms with E-state index in [1.165, 1.54) is 4.90 Å². The molecule has 46 heavy (non-hydrogen) atoms. The van der Waals surface area contributed by atoms with Crippen molar-refractivity contribution in [2.24, 2.45) is 17.8 Å². The minimum atomic E-state index is -1.29. The molecule has 8 atom stereocenters. The first kappa shape index (κ1) is 35.8. The first-order chi connectivity index (χ1) is 22.1. The van der Waals surface area contributed by atoms with Gasteiger partial charge < -0.3 is 29.7 Å². The first-order valence-corrected chi connectivity index (χ1v) is 17.2. The van der Waals surface area contributed by atoms with Crippen molar-refractivity contribution in [2.45, 2.75) is 87.6 Å². The molecular formula is C35H48BrN3O7. The monoisotopic (exact) mass is 701 g/mol. The molecule has 0 radical (unpaired) electrons. The van der Waals surface area contributed by atoms with Gasteiger partial charge in [-0.1, -0.05) is 85.6 Å². The van der Waals surface area contributed by atoms with E-state index in [1.807, 2.05) is 51.1 Å². The van der Waals surface area contributed by atoms with Gasteiger partial charge in [-0.2, -0.15) is 0 Å². The van der Waals surface area contributed by atoms with Crippen molar-refractivity contribution in [3.63, 3.8) is 0 Å². The highest BCUT2D eigenvalue weighted by molar-refractivity contribution is 9.09. The number of carbonyl (C=O) groups excluding carboxylic acids is 4. The van der Waals surface area contributed by atoms with Gasteiger partial charge >= 0.3 is 5.97 Å². The second kappa shape index (κ2) is 15.7. The number of halogens is 1. The molecule has 3 saturated heterocycles. The Morgan fingerprint density at radius 2 is 1.96 bits per heavy atom. The number of alkyl halides is 1. The number of carbonyl (C=O) groups is 4. The maximum absolute atomic E-state index is 14.5. The Kier molecular flexibility index (Phi) is 12.2. The fourth-order valence-electron chi connectivity index (χ4n) is 7.20. The summed E-state index contributed by atoms with van der Waals surface area (Å²) >= 11 is 3.71. The normalized spacial score (nSPS) is 27.7. The van der Waals surface area contributed by atoms with E-state index in [0.717, 1.165) is 12.8 Å². The van der Waals surface area contributed by atoms with Crippen LogP contribution in [0.25, 0.3) is 0 Å². The maximum Gasteiger partial charge on any atom is 0.313 e. The third-order valence-corrected chi connectivity index (χ3v) is 10.3. The molecular weight excluding hydrogens is 654 g/mol. The predicted octanol–water partition coefficient (Wildman–Crippen LogP) is 3.93. The van der Waals surface area contributed by atoms with Crippen LogP contribution in [-0.4, -0.2) is 93.5 Å². The molecule has 1 aromatic carbocycles. The molecule has 10 nitrogen and oxygen atoms in total. The van der Waals surface area contributed by atoms with Gasteiger partial charge in [-0.25, -0.2) is 0 Å². The van der Waals surface area contributed by atoms with E-state index in [9.17, 15) is 24.3 Å². The largest absolute Gasteiger partial charge is 0.455 e. The van der Waals surface area contributed by atoms with E-state index in [1.54, 1.807) is 17.1 Å². The summed E-state index contributed by atoms with van der Waals surface area (Å²) in [6.07, 6.45) is 4.59. The molecule has 3 fully saturated rings. The van der Waals surface area contributed by atoms with Gasteiger partial charge in [-0.3, -0.25) is 19.2 Å². The van der Waals surface area contributed by atoms with E-state index in [-0.39, 0.29) is 42.1 Å². The predicted molar refractivity (Wildman–Crippen MR) is 178 cm³/mol. The number of rotatable bonds is 17. The van der Waals surface area contributed by atoms with Crippen LogP contribution in [0.2, 0.25) is 0 Å². The van der Waals surface area contributed by atoms with Gasteiger partial charge in [0.2, 0.25) is 17.7 Å². The van der Waals surface area contributed by atoms with Gasteiger partial charge in [0.1, 0.15) is 17.7 Å². The van der Waals surface area contributed by atoms with Crippen LogP contribution >= 0.6 is 15.9 Å². The highest BCUT2D eigenvalue weighted by Crippen LogP contribution is 2.61. The lowest BCUT2D eigenvalue weighted by Gasteiger charge is -2.40. The number of aliphatic hydroxyl groups is 1. The highest BCUT2D eigenvalue weighted by Gasteiger charge is 2.77. The number of allylic oxidation sites excluding steroid dienone is 1. The molecule has 0 aliphatic carbocycles. The SMILES string of the molecule is C=CCCC(=O)NC[C@@H](OC(=O)[C@H]1[C@@H]2O[C@@]3(CC2Br)[C@@H]1C(=O)N([C@@H](CO)C(C)C)[C@@H]3C(=O)N(CC=C)CCCC)c1ccccc1. The Hall–Kier alpha value is -3.02. The Bertz CT molecular complexity index is 1280. The van der Waals surface area contributed by atoms with Crippen molar-refractivity contribution in [3.05, 3.63) is 61.2 Å². The third-order valence-electron chi connectivity index (χ3n) is 9.48. The molecule has 0 aromatic heterocycles. The van der Waals surface area contributed by atoms with E-state index in [0.29, 0.717) is 31.5 Å². The second-order valence-corrected chi connectivity index (χ2v) is 14.0. The number of hydrogen-bond acceptors (Lipinski definition) is 7. The molecule has 4 rings (SSSR count). The standard InChI is InChI=1S/C35H48BrN3O7/c1-6-9-16-27(41)37-20-26(23-14-12-11-13-15-23)45-34(44)28-29-32(42)39(25(21-40)22(4)5)31(35(29)19-24(36)30(28)46-35)33(43)38(17-8-3)18-10-7-2/h6,8,11-15,22,24-26,28-31,40H,1,3,7,9-10,16-21H2,2,4-5H3,(H,37,41)/t24?,25-,26+,28+,29-,30+,31+,35-/m0/s1. The summed E-state index contributed by atoms with van der Waals surface area (Å²) in [4.78, 5) is 58.5. The van der Waals surface area contributed by atoms with Crippen LogP contribution in [0, 0.1) is 17.8 Å². The highest BCUT2D eigenvalue weighted by atomic mass is 79.9. The number of nitrogens with one attached hydrogen (secondary N) is 1. The molecule has 1 unspecified atom stereocenters. The average Bonchev–Trinajstić information content (AvgIpc) is 3.63.